The van der Waals surface area contributed by atoms with Gasteiger partial charge in [-0.2, -0.15) is 0 Å². The Morgan fingerprint density at radius 3 is 2.29 bits per heavy atom. The smallest absolute Gasteiger partial charge is 0.306 e. The van der Waals surface area contributed by atoms with E-state index in [1.807, 2.05) is 6.92 Å². The Bertz CT molecular complexity index is 1060. The maximum atomic E-state index is 14.9. The van der Waals surface area contributed by atoms with Crippen LogP contribution in [0.25, 0.3) is 0 Å². The van der Waals surface area contributed by atoms with Gasteiger partial charge in [-0.3, -0.25) is 14.4 Å². The van der Waals surface area contributed by atoms with Crippen LogP contribution in [-0.2, 0) is 9.59 Å². The number of carbonyl (C=O) groups excluding carboxylic acids is 2. The molecule has 2 amide bonds. The number of carboxylic acid groups (broad SMARTS) is 1. The van der Waals surface area contributed by atoms with E-state index in [1.54, 1.807) is 0 Å². The van der Waals surface area contributed by atoms with E-state index in [9.17, 15) is 23.9 Å². The second-order valence-corrected chi connectivity index (χ2v) is 12.4. The molecule has 3 fully saturated rings. The van der Waals surface area contributed by atoms with Crippen molar-refractivity contribution in [1.29, 1.82) is 0 Å². The zero-order valence-electron chi connectivity index (χ0n) is 23.0. The van der Waals surface area contributed by atoms with Gasteiger partial charge in [0.15, 0.2) is 11.6 Å². The van der Waals surface area contributed by atoms with Crippen molar-refractivity contribution < 1.29 is 33.4 Å². The molecule has 5 atom stereocenters. The van der Waals surface area contributed by atoms with E-state index in [-0.39, 0.29) is 64.3 Å². The summed E-state index contributed by atoms with van der Waals surface area (Å²) in [5.74, 6) is -2.17. The third kappa shape index (κ3) is 5.91. The van der Waals surface area contributed by atoms with Crippen molar-refractivity contribution in [2.75, 3.05) is 7.11 Å². The molecule has 8 nitrogen and oxygen atoms in total. The van der Waals surface area contributed by atoms with Gasteiger partial charge in [0.05, 0.1) is 30.6 Å². The molecule has 0 heterocycles. The maximum Gasteiger partial charge on any atom is 0.306 e. The van der Waals surface area contributed by atoms with Crippen LogP contribution in [0.15, 0.2) is 12.1 Å². The van der Waals surface area contributed by atoms with E-state index in [4.69, 9.17) is 9.47 Å². The van der Waals surface area contributed by atoms with Crippen LogP contribution in [0.5, 0.6) is 11.5 Å². The molecule has 1 aromatic rings. The quantitative estimate of drug-likeness (QED) is 0.453. The second kappa shape index (κ2) is 11.1. The minimum Gasteiger partial charge on any atom is -0.496 e. The summed E-state index contributed by atoms with van der Waals surface area (Å²) in [6.07, 6.45) is 4.44. The number of methoxy groups -OCH3 is 1. The first kappa shape index (κ1) is 28.2. The molecule has 4 rings (SSSR count). The van der Waals surface area contributed by atoms with E-state index < -0.39 is 23.6 Å². The van der Waals surface area contributed by atoms with Crippen molar-refractivity contribution in [3.05, 3.63) is 23.5 Å². The summed E-state index contributed by atoms with van der Waals surface area (Å²) in [7, 11) is 1.38. The summed E-state index contributed by atoms with van der Waals surface area (Å²) in [6, 6.07) is 2.17. The van der Waals surface area contributed by atoms with Gasteiger partial charge in [-0.05, 0) is 75.2 Å². The molecule has 3 aliphatic rings. The minimum absolute atomic E-state index is 0.0204. The number of hydrogen-bond acceptors (Lipinski definition) is 5. The molecule has 9 heteroatoms. The van der Waals surface area contributed by atoms with Gasteiger partial charge in [0, 0.05) is 18.2 Å². The predicted molar refractivity (Wildman–Crippen MR) is 140 cm³/mol. The fourth-order valence-electron chi connectivity index (χ4n) is 6.21. The number of carboxylic acids is 1. The highest BCUT2D eigenvalue weighted by atomic mass is 19.1. The lowest BCUT2D eigenvalue weighted by atomic mass is 9.82. The van der Waals surface area contributed by atoms with Gasteiger partial charge in [-0.15, -0.1) is 0 Å². The van der Waals surface area contributed by atoms with E-state index in [0.29, 0.717) is 25.7 Å². The standard InChI is InChI=1S/C29H41FN2O6/c1-15(29(2,3)4)31-27(34)24-17-6-7-18(12-17)25(24)32-26(33)20-13-23(21(30)14-22(20)37-5)38-19-10-8-16(9-11-19)28(35)36/h13-19,24-25H,6-12H2,1-5H3,(H,31,34)(H,32,33)(H,35,36)/t15-,16-,17+,18-,19+,24-,25+/m0/s1. The summed E-state index contributed by atoms with van der Waals surface area (Å²) >= 11 is 0. The van der Waals surface area contributed by atoms with Crippen molar-refractivity contribution in [1.82, 2.24) is 10.6 Å². The predicted octanol–water partition coefficient (Wildman–Crippen LogP) is 4.55. The minimum atomic E-state index is -0.821. The average molecular weight is 533 g/mol. The molecule has 210 valence electrons. The Balaban J connectivity index is 1.49. The molecule has 0 aliphatic heterocycles. The summed E-state index contributed by atoms with van der Waals surface area (Å²) in [4.78, 5) is 38.1. The van der Waals surface area contributed by atoms with Gasteiger partial charge in [0.25, 0.3) is 5.91 Å². The summed E-state index contributed by atoms with van der Waals surface area (Å²) < 4.78 is 26.1. The molecule has 38 heavy (non-hydrogen) atoms. The third-order valence-electron chi connectivity index (χ3n) is 8.99. The lowest BCUT2D eigenvalue weighted by Crippen LogP contribution is -2.52. The highest BCUT2D eigenvalue weighted by Crippen LogP contribution is 2.49. The topological polar surface area (TPSA) is 114 Å². The molecule has 0 radical (unpaired) electrons. The van der Waals surface area contributed by atoms with Crippen molar-refractivity contribution in [2.45, 2.75) is 90.8 Å². The van der Waals surface area contributed by atoms with Crippen molar-refractivity contribution in [3.8, 4) is 11.5 Å². The fourth-order valence-corrected chi connectivity index (χ4v) is 6.21. The molecule has 3 aliphatic carbocycles. The Morgan fingerprint density at radius 2 is 1.68 bits per heavy atom. The molecule has 0 spiro atoms. The molecular weight excluding hydrogens is 491 g/mol. The highest BCUT2D eigenvalue weighted by molar-refractivity contribution is 5.98. The number of nitrogens with one attached hydrogen (secondary N) is 2. The van der Waals surface area contributed by atoms with Crippen LogP contribution in [0, 0.1) is 34.9 Å². The molecule has 0 saturated heterocycles. The summed E-state index contributed by atoms with van der Waals surface area (Å²) in [5.41, 5.74) is 0.0599. The maximum absolute atomic E-state index is 14.9. The largest absolute Gasteiger partial charge is 0.496 e. The first-order valence-electron chi connectivity index (χ1n) is 13.8. The number of halogens is 1. The van der Waals surface area contributed by atoms with Crippen LogP contribution in [0.1, 0.15) is 83.0 Å². The molecule has 2 bridgehead atoms. The second-order valence-electron chi connectivity index (χ2n) is 12.4. The number of amides is 2. The number of benzene rings is 1. The van der Waals surface area contributed by atoms with E-state index in [1.165, 1.54) is 13.2 Å². The van der Waals surface area contributed by atoms with Gasteiger partial charge in [0.2, 0.25) is 5.91 Å². The lowest BCUT2D eigenvalue weighted by molar-refractivity contribution is -0.143. The number of hydrogen-bond donors (Lipinski definition) is 3. The van der Waals surface area contributed by atoms with Crippen LogP contribution in [0.3, 0.4) is 0 Å². The number of rotatable bonds is 8. The Morgan fingerprint density at radius 1 is 1.03 bits per heavy atom. The molecule has 0 aromatic heterocycles. The van der Waals surface area contributed by atoms with Crippen molar-refractivity contribution in [3.63, 3.8) is 0 Å². The Hall–Kier alpha value is -2.84. The van der Waals surface area contributed by atoms with Crippen LogP contribution in [0.4, 0.5) is 4.39 Å². The van der Waals surface area contributed by atoms with E-state index in [0.717, 1.165) is 25.3 Å². The fraction of sp³-hybridized carbons (Fsp3) is 0.690. The molecule has 3 saturated carbocycles. The molecule has 0 unspecified atom stereocenters. The molecule has 1 aromatic carbocycles. The normalized spacial score (nSPS) is 29.4. The van der Waals surface area contributed by atoms with Crippen molar-refractivity contribution >= 4 is 17.8 Å². The molecule has 3 N–H and O–H groups in total. The van der Waals surface area contributed by atoms with Crippen LogP contribution < -0.4 is 20.1 Å². The zero-order chi connectivity index (χ0) is 27.8. The Labute approximate surface area is 224 Å². The number of carbonyl (C=O) groups is 3. The number of fused-ring (bicyclic) bond motifs is 2. The third-order valence-corrected chi connectivity index (χ3v) is 8.99. The number of ether oxygens (including phenoxy) is 2. The molecular formula is C29H41FN2O6. The summed E-state index contributed by atoms with van der Waals surface area (Å²) in [6.45, 7) is 8.24. The monoisotopic (exact) mass is 532 g/mol. The van der Waals surface area contributed by atoms with Crippen LogP contribution in [-0.4, -0.2) is 48.2 Å². The highest BCUT2D eigenvalue weighted by Gasteiger charge is 2.51. The van der Waals surface area contributed by atoms with Crippen LogP contribution in [0.2, 0.25) is 0 Å². The first-order chi connectivity index (χ1) is 17.9. The van der Waals surface area contributed by atoms with Crippen LogP contribution >= 0.6 is 0 Å². The van der Waals surface area contributed by atoms with Gasteiger partial charge in [0.1, 0.15) is 5.75 Å². The lowest BCUT2D eigenvalue weighted by Gasteiger charge is -2.34. The van der Waals surface area contributed by atoms with E-state index in [2.05, 4.69) is 31.4 Å². The van der Waals surface area contributed by atoms with Gasteiger partial charge < -0.3 is 25.2 Å². The average Bonchev–Trinajstić information content (AvgIpc) is 3.46. The SMILES string of the molecule is COc1cc(F)c(O[C@H]2CC[C@@H](C(=O)O)CC2)cc1C(=O)N[C@@H]1[C@H]2CC[C@H](C2)[C@@H]1C(=O)N[C@@H](C)C(C)(C)C. The summed E-state index contributed by atoms with van der Waals surface area (Å²) in [5, 5.41) is 15.5. The van der Waals surface area contributed by atoms with Gasteiger partial charge in [-0.1, -0.05) is 20.8 Å². The van der Waals surface area contributed by atoms with E-state index >= 15 is 0 Å². The van der Waals surface area contributed by atoms with Gasteiger partial charge in [-0.25, -0.2) is 4.39 Å². The van der Waals surface area contributed by atoms with Gasteiger partial charge >= 0.3 is 5.97 Å². The Kier molecular flexibility index (Phi) is 8.23. The first-order valence-corrected chi connectivity index (χ1v) is 13.8. The zero-order valence-corrected chi connectivity index (χ0v) is 23.0. The van der Waals surface area contributed by atoms with Crippen molar-refractivity contribution in [2.24, 2.45) is 29.1 Å². The number of aliphatic carboxylic acids is 1.